The van der Waals surface area contributed by atoms with Crippen LogP contribution in [0.5, 0.6) is 0 Å². The molecule has 6 nitrogen and oxygen atoms in total. The fourth-order valence-corrected chi connectivity index (χ4v) is 2.48. The Morgan fingerprint density at radius 1 is 1.24 bits per heavy atom. The summed E-state index contributed by atoms with van der Waals surface area (Å²) in [5.74, 6) is 6.31. The number of rotatable bonds is 7. The minimum Gasteiger partial charge on any atom is -0.383 e. The van der Waals surface area contributed by atoms with E-state index < -0.39 is 0 Å². The van der Waals surface area contributed by atoms with E-state index >= 15 is 0 Å². The zero-order valence-electron chi connectivity index (χ0n) is 13.7. The van der Waals surface area contributed by atoms with Gasteiger partial charge in [-0.1, -0.05) is 39.2 Å². The maximum Gasteiger partial charge on any atom is 0.329 e. The van der Waals surface area contributed by atoms with Crippen molar-refractivity contribution in [1.82, 2.24) is 14.8 Å². The number of amides is 2. The molecule has 0 atom stereocenters. The lowest BCUT2D eigenvalue weighted by Gasteiger charge is -2.39. The van der Waals surface area contributed by atoms with Crippen LogP contribution >= 0.6 is 0 Å². The number of hydrogen-bond donors (Lipinski definition) is 2. The van der Waals surface area contributed by atoms with Crippen molar-refractivity contribution < 1.29 is 4.79 Å². The van der Waals surface area contributed by atoms with Crippen LogP contribution in [0.3, 0.4) is 0 Å². The third-order valence-corrected chi connectivity index (χ3v) is 3.64. The highest BCUT2D eigenvalue weighted by Crippen LogP contribution is 2.27. The molecule has 0 aromatic rings. The molecule has 6 heteroatoms. The number of hydrogen-bond acceptors (Lipinski definition) is 4. The fraction of sp³-hybridized carbons (Fsp3) is 0.667. The monoisotopic (exact) mass is 295 g/mol. The predicted molar refractivity (Wildman–Crippen MR) is 85.5 cm³/mol. The minimum absolute atomic E-state index is 0.0886. The van der Waals surface area contributed by atoms with Crippen molar-refractivity contribution >= 4 is 6.03 Å². The number of carbonyl (C=O) groups is 1. The quantitative estimate of drug-likeness (QED) is 0.428. The van der Waals surface area contributed by atoms with Gasteiger partial charge in [0.15, 0.2) is 0 Å². The summed E-state index contributed by atoms with van der Waals surface area (Å²) in [5.41, 5.74) is 7.59. The zero-order chi connectivity index (χ0) is 16.0. The highest BCUT2D eigenvalue weighted by Gasteiger charge is 2.33. The van der Waals surface area contributed by atoms with Crippen LogP contribution in [0.25, 0.3) is 0 Å². The predicted octanol–water partition coefficient (Wildman–Crippen LogP) is 2.16. The van der Waals surface area contributed by atoms with Gasteiger partial charge in [0.1, 0.15) is 11.5 Å². The van der Waals surface area contributed by atoms with E-state index in [0.717, 1.165) is 25.0 Å². The van der Waals surface area contributed by atoms with Crippen LogP contribution in [0, 0.1) is 0 Å². The number of urea groups is 1. The molecule has 0 radical (unpaired) electrons. The Morgan fingerprint density at radius 2 is 1.90 bits per heavy atom. The molecule has 0 aromatic heterocycles. The minimum atomic E-state index is -0.0886. The maximum atomic E-state index is 12.5. The molecule has 0 fully saturated rings. The first-order valence-corrected chi connectivity index (χ1v) is 7.69. The fourth-order valence-electron chi connectivity index (χ4n) is 2.48. The molecular formula is C15H29N5O. The van der Waals surface area contributed by atoms with E-state index in [1.54, 1.807) is 19.0 Å². The lowest BCUT2D eigenvalue weighted by atomic mass is 10.1. The summed E-state index contributed by atoms with van der Waals surface area (Å²) in [6.07, 6.45) is 7.30. The third kappa shape index (κ3) is 3.91. The molecule has 2 amide bonds. The van der Waals surface area contributed by atoms with Crippen molar-refractivity contribution in [3.63, 3.8) is 0 Å². The van der Waals surface area contributed by atoms with Crippen LogP contribution in [0.15, 0.2) is 23.3 Å². The van der Waals surface area contributed by atoms with Crippen LogP contribution in [-0.4, -0.2) is 41.5 Å². The van der Waals surface area contributed by atoms with Crippen LogP contribution in [0.2, 0.25) is 0 Å². The Hall–Kier alpha value is -1.69. The van der Waals surface area contributed by atoms with Crippen molar-refractivity contribution in [2.24, 2.45) is 11.6 Å². The van der Waals surface area contributed by atoms with Gasteiger partial charge in [0.2, 0.25) is 0 Å². The molecule has 0 spiro atoms. The summed E-state index contributed by atoms with van der Waals surface area (Å²) in [6.45, 7) is 4.90. The molecule has 21 heavy (non-hydrogen) atoms. The van der Waals surface area contributed by atoms with E-state index in [9.17, 15) is 4.79 Å². The van der Waals surface area contributed by atoms with Gasteiger partial charge in [-0.25, -0.2) is 10.6 Å². The number of allylic oxidation sites excluding steroid dienone is 1. The Labute approximate surface area is 128 Å². The Morgan fingerprint density at radius 3 is 2.43 bits per heavy atom. The standard InChI is InChI=1S/C15H29N5O/c1-5-7-8-9-11-20-12(10-6-2)13(19(4)17)14(16)18(3)15(20)21/h10H,5-9,11,16-17H2,1-4H3/b12-10-. The summed E-state index contributed by atoms with van der Waals surface area (Å²) in [4.78, 5) is 15.7. The first-order valence-electron chi connectivity index (χ1n) is 7.69. The summed E-state index contributed by atoms with van der Waals surface area (Å²) in [6, 6.07) is -0.0886. The van der Waals surface area contributed by atoms with Gasteiger partial charge in [-0.05, 0) is 12.8 Å². The van der Waals surface area contributed by atoms with Gasteiger partial charge in [-0.15, -0.1) is 0 Å². The van der Waals surface area contributed by atoms with E-state index in [4.69, 9.17) is 11.6 Å². The third-order valence-electron chi connectivity index (χ3n) is 3.64. The molecule has 4 N–H and O–H groups in total. The van der Waals surface area contributed by atoms with E-state index in [1.807, 2.05) is 13.0 Å². The molecular weight excluding hydrogens is 266 g/mol. The molecule has 0 aromatic carbocycles. The van der Waals surface area contributed by atoms with Crippen molar-refractivity contribution in [2.75, 3.05) is 20.6 Å². The van der Waals surface area contributed by atoms with Crippen molar-refractivity contribution in [3.8, 4) is 0 Å². The van der Waals surface area contributed by atoms with Gasteiger partial charge >= 0.3 is 6.03 Å². The number of unbranched alkanes of at least 4 members (excludes halogenated alkanes) is 3. The van der Waals surface area contributed by atoms with Crippen molar-refractivity contribution in [3.05, 3.63) is 23.3 Å². The largest absolute Gasteiger partial charge is 0.383 e. The summed E-state index contributed by atoms with van der Waals surface area (Å²) in [5, 5.41) is 1.48. The highest BCUT2D eigenvalue weighted by molar-refractivity contribution is 5.81. The SMILES string of the molecule is CC/C=C1/C(N(C)N)=C(N)N(C)C(=O)N1CCCCCC. The van der Waals surface area contributed by atoms with Crippen LogP contribution in [0.1, 0.15) is 46.0 Å². The van der Waals surface area contributed by atoms with E-state index in [-0.39, 0.29) is 6.03 Å². The van der Waals surface area contributed by atoms with Crippen molar-refractivity contribution in [2.45, 2.75) is 46.0 Å². The van der Waals surface area contributed by atoms with E-state index in [2.05, 4.69) is 6.92 Å². The molecule has 1 heterocycles. The molecule has 1 aliphatic rings. The van der Waals surface area contributed by atoms with E-state index in [1.165, 1.54) is 22.8 Å². The van der Waals surface area contributed by atoms with Gasteiger partial charge in [0, 0.05) is 20.6 Å². The van der Waals surface area contributed by atoms with Gasteiger partial charge in [0.25, 0.3) is 0 Å². The number of nitrogens with zero attached hydrogens (tertiary/aromatic N) is 3. The zero-order valence-corrected chi connectivity index (χ0v) is 13.7. The smallest absolute Gasteiger partial charge is 0.329 e. The second-order valence-electron chi connectivity index (χ2n) is 5.40. The second kappa shape index (κ2) is 7.93. The van der Waals surface area contributed by atoms with Crippen LogP contribution in [-0.2, 0) is 0 Å². The van der Waals surface area contributed by atoms with Crippen LogP contribution in [0.4, 0.5) is 4.79 Å². The Balaban J connectivity index is 3.05. The Kier molecular flexibility index (Phi) is 6.55. The van der Waals surface area contributed by atoms with Gasteiger partial charge in [-0.3, -0.25) is 9.80 Å². The topological polar surface area (TPSA) is 78.8 Å². The highest BCUT2D eigenvalue weighted by atomic mass is 16.2. The average Bonchev–Trinajstić information content (AvgIpc) is 2.44. The molecule has 1 aliphatic heterocycles. The number of hydrazine groups is 1. The summed E-state index contributed by atoms with van der Waals surface area (Å²) >= 11 is 0. The molecule has 0 saturated carbocycles. The molecule has 1 rings (SSSR count). The normalized spacial score (nSPS) is 18.0. The van der Waals surface area contributed by atoms with E-state index in [0.29, 0.717) is 18.1 Å². The van der Waals surface area contributed by atoms with Gasteiger partial charge < -0.3 is 10.7 Å². The molecule has 120 valence electrons. The summed E-state index contributed by atoms with van der Waals surface area (Å²) in [7, 11) is 3.42. The van der Waals surface area contributed by atoms with Gasteiger partial charge in [-0.2, -0.15) is 0 Å². The van der Waals surface area contributed by atoms with Gasteiger partial charge in [0.05, 0.1) is 5.70 Å². The second-order valence-corrected chi connectivity index (χ2v) is 5.40. The molecule has 0 saturated heterocycles. The number of nitrogens with two attached hydrogens (primary N) is 2. The first kappa shape index (κ1) is 17.4. The average molecular weight is 295 g/mol. The van der Waals surface area contributed by atoms with Crippen molar-refractivity contribution in [1.29, 1.82) is 0 Å². The van der Waals surface area contributed by atoms with Crippen LogP contribution < -0.4 is 11.6 Å². The first-order chi connectivity index (χ1) is 9.95. The number of likely N-dealkylation sites (N-methyl/N-ethyl adjacent to an activating group) is 1. The molecule has 0 bridgehead atoms. The Bertz CT molecular complexity index is 428. The molecule has 0 aliphatic carbocycles. The lowest BCUT2D eigenvalue weighted by Crippen LogP contribution is -2.51. The summed E-state index contributed by atoms with van der Waals surface area (Å²) < 4.78 is 0. The maximum absolute atomic E-state index is 12.5. The lowest BCUT2D eigenvalue weighted by molar-refractivity contribution is 0.173. The number of carbonyl (C=O) groups excluding carboxylic acids is 1. The molecule has 0 unspecified atom stereocenters.